The van der Waals surface area contributed by atoms with Gasteiger partial charge < -0.3 is 30.3 Å². The molecule has 0 saturated carbocycles. The molecule has 10 nitrogen and oxygen atoms in total. The molecule has 0 fully saturated rings. The molecule has 561 valence electrons. The quantitative estimate of drug-likeness (QED) is 0.0559. The van der Waals surface area contributed by atoms with Gasteiger partial charge in [0.2, 0.25) is 0 Å². The van der Waals surface area contributed by atoms with Gasteiger partial charge in [-0.05, 0) is 111 Å². The summed E-state index contributed by atoms with van der Waals surface area (Å²) in [5.41, 5.74) is 16.2. The van der Waals surface area contributed by atoms with Crippen LogP contribution < -0.4 is 0 Å². The monoisotopic (exact) mass is 2140 g/mol. The predicted octanol–water partition coefficient (Wildman–Crippen LogP) is 23.1. The number of fused-ring (bicyclic) bond motifs is 2. The van der Waals surface area contributed by atoms with Gasteiger partial charge in [-0.3, -0.25) is 19.8 Å². The van der Waals surface area contributed by atoms with Crippen LogP contribution in [0.4, 0.5) is 20.2 Å². The van der Waals surface area contributed by atoms with E-state index < -0.39 is 5.92 Å². The van der Waals surface area contributed by atoms with Crippen molar-refractivity contribution in [1.82, 2.24) is 19.9 Å². The van der Waals surface area contributed by atoms with E-state index in [1.165, 1.54) is 37.6 Å². The van der Waals surface area contributed by atoms with E-state index in [4.69, 9.17) is 25.1 Å². The van der Waals surface area contributed by atoms with Crippen LogP contribution in [0.1, 0.15) is 147 Å². The second kappa shape index (κ2) is 38.9. The number of aromatic hydroxyl groups is 2. The summed E-state index contributed by atoms with van der Waals surface area (Å²) in [6.07, 6.45) is 9.89. The van der Waals surface area contributed by atoms with E-state index in [-0.39, 0.29) is 137 Å². The zero-order valence-electron chi connectivity index (χ0n) is 62.7. The molecule has 9 aromatic carbocycles. The van der Waals surface area contributed by atoms with Gasteiger partial charge in [-0.2, -0.15) is 0 Å². The zero-order chi connectivity index (χ0) is 74.4. The number of para-hydroxylation sites is 2. The molecule has 1 aliphatic carbocycles. The number of nitrogens with zero attached hydrogens (tertiary/aromatic N) is 6. The number of aliphatic hydroxyl groups is 1. The Balaban J connectivity index is 0.000000261. The van der Waals surface area contributed by atoms with E-state index in [0.717, 1.165) is 72.7 Å². The predicted molar refractivity (Wildman–Crippen MR) is 418 cm³/mol. The first-order valence-electron chi connectivity index (χ1n) is 34.2. The Morgan fingerprint density at radius 2 is 1.01 bits per heavy atom. The normalized spacial score (nSPS) is 12.1. The summed E-state index contributed by atoms with van der Waals surface area (Å²) in [6.45, 7) is 30.6. The minimum atomic E-state index is -3.00. The number of aliphatic hydroxyl groups excluding tert-OH is 1. The van der Waals surface area contributed by atoms with Gasteiger partial charge in [0.15, 0.2) is 5.78 Å². The summed E-state index contributed by atoms with van der Waals surface area (Å²) in [4.78, 5) is 37.7. The maximum absolute atomic E-state index is 14.6. The van der Waals surface area contributed by atoms with Crippen LogP contribution in [-0.2, 0) is 114 Å². The van der Waals surface area contributed by atoms with Gasteiger partial charge in [0.05, 0.1) is 28.5 Å². The Labute approximate surface area is 685 Å². The number of hydrogen-bond donors (Lipinski definition) is 3. The van der Waals surface area contributed by atoms with E-state index in [9.17, 15) is 23.8 Å². The summed E-state index contributed by atoms with van der Waals surface area (Å²) in [7, 11) is 0. The smallest absolute Gasteiger partial charge is 0.266 e. The number of carbonyl (C=O) groups excluding carboxylic acids is 1. The number of aryl methyl sites for hydroxylation is 1. The van der Waals surface area contributed by atoms with Crippen molar-refractivity contribution in [3.63, 3.8) is 0 Å². The van der Waals surface area contributed by atoms with E-state index in [1.54, 1.807) is 49.1 Å². The Kier molecular flexibility index (Phi) is 32.3. The second-order valence-electron chi connectivity index (χ2n) is 29.4. The summed E-state index contributed by atoms with van der Waals surface area (Å²) in [6, 6.07) is 76.7. The number of benzene rings is 9. The van der Waals surface area contributed by atoms with Gasteiger partial charge >= 0.3 is 0 Å². The number of allylic oxidation sites excluding steroid dienone is 2. The molecule has 0 spiro atoms. The number of halogens is 2. The van der Waals surface area contributed by atoms with Crippen LogP contribution in [0.5, 0.6) is 11.5 Å². The minimum absolute atomic E-state index is 0. The largest absolute Gasteiger partial charge is 0.512 e. The van der Waals surface area contributed by atoms with Crippen molar-refractivity contribution in [3.8, 4) is 67.8 Å². The number of hydrogen-bond acceptors (Lipinski definition) is 10. The number of alkyl halides is 2. The number of aromatic nitrogens is 4. The summed E-state index contributed by atoms with van der Waals surface area (Å²) in [5, 5.41) is 32.0. The molecule has 12 aromatic rings. The molecule has 3 N–H and O–H groups in total. The van der Waals surface area contributed by atoms with Crippen LogP contribution in [0, 0.1) is 25.1 Å². The molecule has 0 unspecified atom stereocenters. The standard InChI is InChI=1S/C36H48N2O2.C22H15N2.C16H8F2N.C12H10N.C5H8O2.3Ir.Pt/c1-33(2,3)25-17-23(31(39)27(19-25)35(7,8)9)21-37-29-15-13-14-16-30(29)38-22-24-18-26(34(4,5)6)20-28(32(24)40)36(10,11)12;1-4-10-17(11-5-1)20-16-23-21(18-12-6-2-7-13-18)22(24-20)19-14-8-3-9-15-19;17-16(18)12-6-2-1-5-11(12)15-14-10(8-9-19-15)4-3-7-13(14)16;1-10-5-4-6-11(9-10)12-7-2-3-8-13-12;1-4(6)3-5(2)7;;;;/h13-22,39-40H,1-12H3;1-12,14-16H;1-4,6-9H;2-5,7-9H,1H3;3,6H,1-2H3;;;;/q;3*-1;;;;;. The van der Waals surface area contributed by atoms with Gasteiger partial charge in [-0.25, -0.2) is 8.78 Å². The summed E-state index contributed by atoms with van der Waals surface area (Å²) >= 11 is 0. The van der Waals surface area contributed by atoms with E-state index in [0.29, 0.717) is 39.1 Å². The maximum atomic E-state index is 14.6. The first-order chi connectivity index (χ1) is 48.8. The molecule has 1 aliphatic rings. The Morgan fingerprint density at radius 1 is 0.486 bits per heavy atom. The van der Waals surface area contributed by atoms with Crippen LogP contribution >= 0.6 is 0 Å². The van der Waals surface area contributed by atoms with Crippen molar-refractivity contribution in [1.29, 1.82) is 0 Å². The molecular formula is C91H89F2Ir3N6O4Pt-3. The number of aliphatic imine (C=N–C) groups is 2. The molecule has 13 rings (SSSR count). The third-order valence-electron chi connectivity index (χ3n) is 16.9. The summed E-state index contributed by atoms with van der Waals surface area (Å²) in [5.74, 6) is -2.55. The Morgan fingerprint density at radius 3 is 1.50 bits per heavy atom. The number of carbonyl (C=O) groups is 1. The van der Waals surface area contributed by atoms with Gasteiger partial charge in [-0.1, -0.05) is 211 Å². The van der Waals surface area contributed by atoms with Crippen molar-refractivity contribution in [2.24, 2.45) is 9.98 Å². The maximum Gasteiger partial charge on any atom is 0.266 e. The minimum Gasteiger partial charge on any atom is -0.512 e. The van der Waals surface area contributed by atoms with Crippen molar-refractivity contribution in [2.75, 3.05) is 0 Å². The molecule has 3 aromatic heterocycles. The van der Waals surface area contributed by atoms with Crippen LogP contribution in [0.2, 0.25) is 0 Å². The molecule has 107 heavy (non-hydrogen) atoms. The average molecular weight is 2140 g/mol. The van der Waals surface area contributed by atoms with Crippen LogP contribution in [0.3, 0.4) is 0 Å². The van der Waals surface area contributed by atoms with Gasteiger partial charge in [-0.15, -0.1) is 101 Å². The Hall–Kier alpha value is -8.73. The van der Waals surface area contributed by atoms with E-state index >= 15 is 0 Å². The molecule has 0 saturated heterocycles. The molecular weight excluding hydrogens is 2050 g/mol. The third kappa shape index (κ3) is 23.4. The van der Waals surface area contributed by atoms with E-state index in [2.05, 4.69) is 149 Å². The van der Waals surface area contributed by atoms with Crippen LogP contribution in [-0.4, -0.2) is 53.5 Å². The topological polar surface area (TPSA) is 154 Å². The first kappa shape index (κ1) is 88.9. The molecule has 0 amide bonds. The van der Waals surface area contributed by atoms with Crippen molar-refractivity contribution in [2.45, 2.75) is 131 Å². The van der Waals surface area contributed by atoms with Crippen molar-refractivity contribution < 1.29 is 110 Å². The van der Waals surface area contributed by atoms with Crippen LogP contribution in [0.25, 0.3) is 67.1 Å². The second-order valence-corrected chi connectivity index (χ2v) is 29.4. The first-order valence-corrected chi connectivity index (χ1v) is 34.2. The number of pyridine rings is 2. The molecule has 16 heteroatoms. The molecule has 0 atom stereocenters. The number of ketones is 1. The fraction of sp³-hybridized carbons (Fsp3) is 0.220. The van der Waals surface area contributed by atoms with Crippen LogP contribution in [0.15, 0.2) is 253 Å². The average Bonchev–Trinajstić information content (AvgIpc) is 0.725. The fourth-order valence-electron chi connectivity index (χ4n) is 11.4. The van der Waals surface area contributed by atoms with Gasteiger partial charge in [0, 0.05) is 158 Å². The van der Waals surface area contributed by atoms with Gasteiger partial charge in [0.25, 0.3) is 5.92 Å². The molecule has 0 aliphatic heterocycles. The summed E-state index contributed by atoms with van der Waals surface area (Å²) < 4.78 is 29.2. The number of phenolic OH excluding ortho intramolecular Hbond substituents is 2. The fourth-order valence-corrected chi connectivity index (χ4v) is 11.4. The number of rotatable bonds is 9. The van der Waals surface area contributed by atoms with E-state index in [1.807, 2.05) is 152 Å². The molecule has 0 bridgehead atoms. The molecule has 3 heterocycles. The SMILES string of the molecule is CC(=O)C=C(C)O.CC(C)(C)c1cc(C=Nc2ccccc2N=Cc2cc(C(C)(C)C)cc(C(C)(C)C)c2O)c(O)c(C(C)(C)C)c1.Cc1cc[c-]c(-c2ccccn2)c1.FC1(F)c2ccc[c-]c2-c2nccc3cccc1c23.[Ir].[Ir].[Ir].[Pt].[c-]1ccccc1-c1ncc(-c2ccccc2)nc1-c1ccccc1. The number of phenols is 2. The molecule has 3 radical (unpaired) electrons. The van der Waals surface area contributed by atoms with Crippen molar-refractivity contribution >= 4 is 40.4 Å². The van der Waals surface area contributed by atoms with Crippen molar-refractivity contribution in [3.05, 3.63) is 311 Å². The third-order valence-corrected chi connectivity index (χ3v) is 16.9. The Bertz CT molecular complexity index is 4920. The van der Waals surface area contributed by atoms with Gasteiger partial charge in [0.1, 0.15) is 11.5 Å². The zero-order valence-corrected chi connectivity index (χ0v) is 72.1.